The number of nitrogens with zero attached hydrogens (tertiary/aromatic N) is 2. The van der Waals surface area contributed by atoms with E-state index in [1.165, 1.54) is 12.1 Å². The molecule has 1 atom stereocenters. The first-order valence-corrected chi connectivity index (χ1v) is 9.82. The zero-order valence-electron chi connectivity index (χ0n) is 14.0. The normalized spacial score (nSPS) is 17.5. The second-order valence-electron chi connectivity index (χ2n) is 5.84. The van der Waals surface area contributed by atoms with Gasteiger partial charge in [0.2, 0.25) is 0 Å². The van der Waals surface area contributed by atoms with Crippen molar-refractivity contribution in [3.8, 4) is 0 Å². The summed E-state index contributed by atoms with van der Waals surface area (Å²) in [6.45, 7) is 5.04. The molecule has 0 bridgehead atoms. The van der Waals surface area contributed by atoms with Crippen molar-refractivity contribution in [1.29, 1.82) is 0 Å². The Morgan fingerprint density at radius 1 is 1.21 bits per heavy atom. The molecule has 0 radical (unpaired) electrons. The fourth-order valence-electron chi connectivity index (χ4n) is 2.61. The van der Waals surface area contributed by atoms with Crippen LogP contribution in [0.15, 0.2) is 29.2 Å². The van der Waals surface area contributed by atoms with Crippen molar-refractivity contribution >= 4 is 15.9 Å². The SMILES string of the molecule is CCOC(=O)N1CCN(C[C@@H](O)c2ccc(S(C)(=O)=O)cc2)CC1. The predicted molar refractivity (Wildman–Crippen MR) is 89.5 cm³/mol. The number of amides is 1. The lowest BCUT2D eigenvalue weighted by atomic mass is 10.1. The van der Waals surface area contributed by atoms with E-state index in [1.807, 2.05) is 0 Å². The van der Waals surface area contributed by atoms with Crippen molar-refractivity contribution in [3.05, 3.63) is 29.8 Å². The van der Waals surface area contributed by atoms with Gasteiger partial charge in [0.05, 0.1) is 17.6 Å². The fourth-order valence-corrected chi connectivity index (χ4v) is 3.25. The molecule has 1 heterocycles. The van der Waals surface area contributed by atoms with Crippen LogP contribution in [0.3, 0.4) is 0 Å². The number of carbonyl (C=O) groups is 1. The zero-order chi connectivity index (χ0) is 17.7. The number of β-amino-alcohol motifs (C(OH)–C–C–N with tert-alkyl or cyclic N) is 1. The third kappa shape index (κ3) is 4.93. The smallest absolute Gasteiger partial charge is 0.409 e. The summed E-state index contributed by atoms with van der Waals surface area (Å²) in [6.07, 6.45) is 0.156. The summed E-state index contributed by atoms with van der Waals surface area (Å²) in [4.78, 5) is 15.6. The minimum absolute atomic E-state index is 0.238. The van der Waals surface area contributed by atoms with Gasteiger partial charge < -0.3 is 14.7 Å². The van der Waals surface area contributed by atoms with Gasteiger partial charge in [-0.25, -0.2) is 13.2 Å². The molecule has 1 saturated heterocycles. The number of ether oxygens (including phenoxy) is 1. The van der Waals surface area contributed by atoms with Gasteiger partial charge in [0.15, 0.2) is 9.84 Å². The van der Waals surface area contributed by atoms with Crippen LogP contribution in [0.25, 0.3) is 0 Å². The Balaban J connectivity index is 1.87. The Morgan fingerprint density at radius 2 is 1.79 bits per heavy atom. The van der Waals surface area contributed by atoms with Crippen LogP contribution in [0, 0.1) is 0 Å². The highest BCUT2D eigenvalue weighted by atomic mass is 32.2. The molecule has 1 aliphatic heterocycles. The fraction of sp³-hybridized carbons (Fsp3) is 0.562. The van der Waals surface area contributed by atoms with E-state index in [9.17, 15) is 18.3 Å². The number of hydrogen-bond acceptors (Lipinski definition) is 6. The Kier molecular flexibility index (Phi) is 6.20. The third-order valence-electron chi connectivity index (χ3n) is 4.02. The van der Waals surface area contributed by atoms with E-state index in [2.05, 4.69) is 4.90 Å². The average molecular weight is 356 g/mol. The average Bonchev–Trinajstić information content (AvgIpc) is 2.55. The van der Waals surface area contributed by atoms with Gasteiger partial charge in [0.25, 0.3) is 0 Å². The summed E-state index contributed by atoms with van der Waals surface area (Å²) in [5, 5.41) is 10.3. The minimum Gasteiger partial charge on any atom is -0.450 e. The number of hydrogen-bond donors (Lipinski definition) is 1. The summed E-state index contributed by atoms with van der Waals surface area (Å²) in [5.74, 6) is 0. The monoisotopic (exact) mass is 356 g/mol. The van der Waals surface area contributed by atoms with E-state index < -0.39 is 15.9 Å². The van der Waals surface area contributed by atoms with Crippen LogP contribution in [0.2, 0.25) is 0 Å². The molecular weight excluding hydrogens is 332 g/mol. The van der Waals surface area contributed by atoms with E-state index in [4.69, 9.17) is 4.74 Å². The summed E-state index contributed by atoms with van der Waals surface area (Å²) < 4.78 is 27.9. The minimum atomic E-state index is -3.23. The number of benzene rings is 1. The largest absolute Gasteiger partial charge is 0.450 e. The Labute approximate surface area is 142 Å². The molecule has 134 valence electrons. The van der Waals surface area contributed by atoms with Gasteiger partial charge in [-0.2, -0.15) is 0 Å². The summed E-state index contributed by atoms with van der Waals surface area (Å²) >= 11 is 0. The Bertz CT molecular complexity index is 652. The number of aliphatic hydroxyl groups excluding tert-OH is 1. The summed E-state index contributed by atoms with van der Waals surface area (Å²) in [7, 11) is -3.23. The topological polar surface area (TPSA) is 87.2 Å². The molecular formula is C16H24N2O5S. The molecule has 2 rings (SSSR count). The van der Waals surface area contributed by atoms with E-state index in [-0.39, 0.29) is 11.0 Å². The first-order chi connectivity index (χ1) is 11.3. The quantitative estimate of drug-likeness (QED) is 0.843. The molecule has 24 heavy (non-hydrogen) atoms. The maximum absolute atomic E-state index is 11.6. The highest BCUT2D eigenvalue weighted by Crippen LogP contribution is 2.18. The maximum Gasteiger partial charge on any atom is 0.409 e. The molecule has 1 N–H and O–H groups in total. The van der Waals surface area contributed by atoms with Gasteiger partial charge >= 0.3 is 6.09 Å². The van der Waals surface area contributed by atoms with Crippen LogP contribution in [0.4, 0.5) is 4.79 Å². The van der Waals surface area contributed by atoms with Gasteiger partial charge in [-0.3, -0.25) is 4.90 Å². The van der Waals surface area contributed by atoms with Gasteiger partial charge in [-0.1, -0.05) is 12.1 Å². The van der Waals surface area contributed by atoms with E-state index in [1.54, 1.807) is 24.0 Å². The van der Waals surface area contributed by atoms with Crippen molar-refractivity contribution in [2.75, 3.05) is 45.6 Å². The molecule has 0 spiro atoms. The summed E-state index contributed by atoms with van der Waals surface area (Å²) in [5.41, 5.74) is 0.676. The Hall–Kier alpha value is -1.64. The van der Waals surface area contributed by atoms with Gasteiger partial charge in [-0.05, 0) is 24.6 Å². The van der Waals surface area contributed by atoms with Crippen molar-refractivity contribution in [3.63, 3.8) is 0 Å². The van der Waals surface area contributed by atoms with Crippen LogP contribution in [0.5, 0.6) is 0 Å². The third-order valence-corrected chi connectivity index (χ3v) is 5.15. The number of rotatable bonds is 5. The van der Waals surface area contributed by atoms with Crippen LogP contribution >= 0.6 is 0 Å². The highest BCUT2D eigenvalue weighted by Gasteiger charge is 2.23. The zero-order valence-corrected chi connectivity index (χ0v) is 14.8. The summed E-state index contributed by atoms with van der Waals surface area (Å²) in [6, 6.07) is 6.28. The molecule has 0 unspecified atom stereocenters. The Morgan fingerprint density at radius 3 is 2.29 bits per heavy atom. The number of carbonyl (C=O) groups excluding carboxylic acids is 1. The van der Waals surface area contributed by atoms with Crippen molar-refractivity contribution in [2.45, 2.75) is 17.9 Å². The predicted octanol–water partition coefficient (Wildman–Crippen LogP) is 0.898. The second kappa shape index (κ2) is 7.96. The molecule has 1 aromatic rings. The molecule has 0 aromatic heterocycles. The maximum atomic E-state index is 11.6. The van der Waals surface area contributed by atoms with E-state index in [0.29, 0.717) is 44.9 Å². The molecule has 8 heteroatoms. The number of sulfone groups is 1. The van der Waals surface area contributed by atoms with Gasteiger partial charge in [0, 0.05) is 39.0 Å². The van der Waals surface area contributed by atoms with Crippen molar-refractivity contribution in [2.24, 2.45) is 0 Å². The molecule has 0 aliphatic carbocycles. The number of aliphatic hydroxyl groups is 1. The van der Waals surface area contributed by atoms with Gasteiger partial charge in [0.1, 0.15) is 0 Å². The van der Waals surface area contributed by atoms with E-state index >= 15 is 0 Å². The van der Waals surface area contributed by atoms with Crippen LogP contribution in [-0.4, -0.2) is 75.0 Å². The molecule has 1 aliphatic rings. The molecule has 0 saturated carbocycles. The second-order valence-corrected chi connectivity index (χ2v) is 7.86. The highest BCUT2D eigenvalue weighted by molar-refractivity contribution is 7.90. The number of piperazine rings is 1. The van der Waals surface area contributed by atoms with E-state index in [0.717, 1.165) is 6.26 Å². The molecule has 1 aromatic carbocycles. The molecule has 1 fully saturated rings. The lowest BCUT2D eigenvalue weighted by Crippen LogP contribution is -2.49. The van der Waals surface area contributed by atoms with Crippen LogP contribution in [-0.2, 0) is 14.6 Å². The standard InChI is InChI=1S/C16H24N2O5S/c1-3-23-16(20)18-10-8-17(9-11-18)12-15(19)13-4-6-14(7-5-13)24(2,21)22/h4-7,15,19H,3,8-12H2,1-2H3/t15-/m1/s1. The van der Waals surface area contributed by atoms with Crippen molar-refractivity contribution in [1.82, 2.24) is 9.80 Å². The lowest BCUT2D eigenvalue weighted by Gasteiger charge is -2.35. The lowest BCUT2D eigenvalue weighted by molar-refractivity contribution is 0.0578. The molecule has 1 amide bonds. The van der Waals surface area contributed by atoms with Crippen LogP contribution in [0.1, 0.15) is 18.6 Å². The first-order valence-electron chi connectivity index (χ1n) is 7.93. The molecule has 7 nitrogen and oxygen atoms in total. The van der Waals surface area contributed by atoms with Crippen molar-refractivity contribution < 1.29 is 23.1 Å². The first kappa shape index (κ1) is 18.7. The van der Waals surface area contributed by atoms with Gasteiger partial charge in [-0.15, -0.1) is 0 Å². The van der Waals surface area contributed by atoms with Crippen LogP contribution < -0.4 is 0 Å².